The minimum absolute atomic E-state index is 0.555. The molecule has 0 aliphatic rings. The summed E-state index contributed by atoms with van der Waals surface area (Å²) in [5, 5.41) is 8.48. The third-order valence-electron chi connectivity index (χ3n) is 3.85. The van der Waals surface area contributed by atoms with Crippen molar-refractivity contribution in [2.24, 2.45) is 0 Å². The van der Waals surface area contributed by atoms with Gasteiger partial charge in [-0.1, -0.05) is 12.1 Å². The van der Waals surface area contributed by atoms with Crippen LogP contribution >= 0.6 is 0 Å². The first-order chi connectivity index (χ1) is 11.6. The molecule has 1 aromatic carbocycles. The Kier molecular flexibility index (Phi) is 6.72. The molecule has 2 aromatic rings. The average molecular weight is 328 g/mol. The number of likely N-dealkylation sites (N-methyl/N-ethyl adjacent to an activating group) is 1. The highest BCUT2D eigenvalue weighted by Crippen LogP contribution is 2.16. The van der Waals surface area contributed by atoms with Crippen LogP contribution < -0.4 is 5.48 Å². The average Bonchev–Trinajstić information content (AvgIpc) is 3.00. The summed E-state index contributed by atoms with van der Waals surface area (Å²) in [5.74, 6) is -0.555. The smallest absolute Gasteiger partial charge is 0.267 e. The number of hydrogen-bond donors (Lipinski definition) is 2. The molecule has 0 bridgehead atoms. The summed E-state index contributed by atoms with van der Waals surface area (Å²) in [6, 6.07) is 5.84. The number of amides is 1. The van der Waals surface area contributed by atoms with Gasteiger partial charge >= 0.3 is 0 Å². The summed E-state index contributed by atoms with van der Waals surface area (Å²) in [4.78, 5) is 17.8. The third-order valence-corrected chi connectivity index (χ3v) is 3.85. The molecule has 0 saturated heterocycles. The van der Waals surface area contributed by atoms with E-state index in [-0.39, 0.29) is 0 Å². The number of hydrogen-bond acceptors (Lipinski definition) is 4. The molecule has 0 spiro atoms. The van der Waals surface area contributed by atoms with Crippen molar-refractivity contribution < 1.29 is 10.0 Å². The quantitative estimate of drug-likeness (QED) is 0.244. The number of nitrogens with zero attached hydrogens (tertiary/aromatic N) is 3. The summed E-state index contributed by atoms with van der Waals surface area (Å²) in [6.07, 6.45) is 8.88. The Morgan fingerprint density at radius 1 is 1.46 bits per heavy atom. The van der Waals surface area contributed by atoms with Gasteiger partial charge in [-0.25, -0.2) is 10.5 Å². The number of fused-ring (bicyclic) bond motifs is 1. The van der Waals surface area contributed by atoms with E-state index in [2.05, 4.69) is 28.1 Å². The summed E-state index contributed by atoms with van der Waals surface area (Å²) in [6.45, 7) is 6.64. The molecule has 2 N–H and O–H groups in total. The maximum atomic E-state index is 11.0. The van der Waals surface area contributed by atoms with Crippen LogP contribution in [0.1, 0.15) is 18.4 Å². The van der Waals surface area contributed by atoms with E-state index in [9.17, 15) is 4.79 Å². The van der Waals surface area contributed by atoms with E-state index in [1.165, 1.54) is 6.08 Å². The lowest BCUT2D eigenvalue weighted by Gasteiger charge is -2.16. The molecule has 6 heteroatoms. The highest BCUT2D eigenvalue weighted by Gasteiger charge is 2.05. The number of unbranched alkanes of at least 4 members (excludes halogenated alkanes) is 1. The van der Waals surface area contributed by atoms with Crippen LogP contribution in [0, 0.1) is 0 Å². The second-order valence-corrected chi connectivity index (χ2v) is 5.73. The van der Waals surface area contributed by atoms with Crippen molar-refractivity contribution in [3.8, 4) is 0 Å². The van der Waals surface area contributed by atoms with Crippen molar-refractivity contribution in [2.45, 2.75) is 19.4 Å². The molecule has 128 valence electrons. The fourth-order valence-electron chi connectivity index (χ4n) is 2.47. The summed E-state index contributed by atoms with van der Waals surface area (Å²) in [5.41, 5.74) is 4.38. The van der Waals surface area contributed by atoms with Crippen LogP contribution in [-0.2, 0) is 11.3 Å². The minimum Gasteiger partial charge on any atom is -0.329 e. The molecule has 1 heterocycles. The number of carbonyl (C=O) groups is 1. The van der Waals surface area contributed by atoms with Crippen LogP contribution in [0.2, 0.25) is 0 Å². The molecule has 1 amide bonds. The van der Waals surface area contributed by atoms with E-state index >= 15 is 0 Å². The van der Waals surface area contributed by atoms with E-state index in [0.29, 0.717) is 0 Å². The van der Waals surface area contributed by atoms with E-state index in [4.69, 9.17) is 5.21 Å². The first-order valence-electron chi connectivity index (χ1n) is 8.00. The largest absolute Gasteiger partial charge is 0.329 e. The number of rotatable bonds is 9. The Hall–Kier alpha value is -2.44. The topological polar surface area (TPSA) is 70.4 Å². The Morgan fingerprint density at radius 2 is 2.29 bits per heavy atom. The summed E-state index contributed by atoms with van der Waals surface area (Å²) in [7, 11) is 2.12. The van der Waals surface area contributed by atoms with Gasteiger partial charge in [0.15, 0.2) is 0 Å². The monoisotopic (exact) mass is 328 g/mol. The SMILES string of the molecule is C=CCCCN(C)CCn1cnc2cc(C=CC(=O)NO)ccc21. The fourth-order valence-corrected chi connectivity index (χ4v) is 2.47. The second-order valence-electron chi connectivity index (χ2n) is 5.73. The number of allylic oxidation sites excluding steroid dienone is 1. The lowest BCUT2D eigenvalue weighted by Crippen LogP contribution is -2.24. The van der Waals surface area contributed by atoms with Gasteiger partial charge in [0, 0.05) is 19.2 Å². The zero-order valence-electron chi connectivity index (χ0n) is 14.0. The molecular weight excluding hydrogens is 304 g/mol. The molecular formula is C18H24N4O2. The van der Waals surface area contributed by atoms with Gasteiger partial charge in [0.2, 0.25) is 0 Å². The molecule has 0 radical (unpaired) electrons. The molecule has 2 rings (SSSR count). The lowest BCUT2D eigenvalue weighted by molar-refractivity contribution is -0.124. The number of hydroxylamine groups is 1. The maximum absolute atomic E-state index is 11.0. The first kappa shape index (κ1) is 17.9. The van der Waals surface area contributed by atoms with Crippen LogP contribution in [0.25, 0.3) is 17.1 Å². The summed E-state index contributed by atoms with van der Waals surface area (Å²) < 4.78 is 2.13. The van der Waals surface area contributed by atoms with Crippen molar-refractivity contribution in [2.75, 3.05) is 20.1 Å². The molecule has 0 fully saturated rings. The van der Waals surface area contributed by atoms with E-state index in [0.717, 1.165) is 49.1 Å². The van der Waals surface area contributed by atoms with E-state index < -0.39 is 5.91 Å². The lowest BCUT2D eigenvalue weighted by atomic mass is 10.2. The van der Waals surface area contributed by atoms with Crippen molar-refractivity contribution in [1.82, 2.24) is 19.9 Å². The minimum atomic E-state index is -0.555. The second kappa shape index (κ2) is 9.00. The zero-order valence-corrected chi connectivity index (χ0v) is 14.0. The highest BCUT2D eigenvalue weighted by atomic mass is 16.5. The molecule has 0 aliphatic carbocycles. The van der Waals surface area contributed by atoms with Crippen LogP contribution in [0.15, 0.2) is 43.3 Å². The van der Waals surface area contributed by atoms with Gasteiger partial charge < -0.3 is 9.47 Å². The predicted molar refractivity (Wildman–Crippen MR) is 95.6 cm³/mol. The molecule has 0 atom stereocenters. The molecule has 24 heavy (non-hydrogen) atoms. The Bertz CT molecular complexity index is 721. The van der Waals surface area contributed by atoms with Crippen molar-refractivity contribution >= 4 is 23.0 Å². The number of benzene rings is 1. The van der Waals surface area contributed by atoms with Gasteiger partial charge in [-0.15, -0.1) is 6.58 Å². The maximum Gasteiger partial charge on any atom is 0.267 e. The van der Waals surface area contributed by atoms with Crippen LogP contribution in [0.3, 0.4) is 0 Å². The highest BCUT2D eigenvalue weighted by molar-refractivity contribution is 5.91. The molecule has 6 nitrogen and oxygen atoms in total. The van der Waals surface area contributed by atoms with Gasteiger partial charge in [-0.05, 0) is 50.2 Å². The number of carbonyl (C=O) groups excluding carboxylic acids is 1. The van der Waals surface area contributed by atoms with Crippen LogP contribution in [-0.4, -0.2) is 45.7 Å². The molecule has 1 aromatic heterocycles. The Labute approximate surface area is 142 Å². The molecule has 0 aliphatic heterocycles. The van der Waals surface area contributed by atoms with Crippen LogP contribution in [0.4, 0.5) is 0 Å². The van der Waals surface area contributed by atoms with Gasteiger partial charge in [-0.3, -0.25) is 10.0 Å². The molecule has 0 saturated carbocycles. The van der Waals surface area contributed by atoms with Crippen LogP contribution in [0.5, 0.6) is 0 Å². The Balaban J connectivity index is 1.99. The van der Waals surface area contributed by atoms with Gasteiger partial charge in [0.05, 0.1) is 17.4 Å². The summed E-state index contributed by atoms with van der Waals surface area (Å²) >= 11 is 0. The van der Waals surface area contributed by atoms with Gasteiger partial charge in [-0.2, -0.15) is 0 Å². The van der Waals surface area contributed by atoms with Gasteiger partial charge in [0.25, 0.3) is 5.91 Å². The van der Waals surface area contributed by atoms with E-state index in [1.807, 2.05) is 30.6 Å². The predicted octanol–water partition coefficient (Wildman–Crippen LogP) is 2.45. The normalized spacial score (nSPS) is 11.5. The van der Waals surface area contributed by atoms with E-state index in [1.54, 1.807) is 11.6 Å². The van der Waals surface area contributed by atoms with Crippen molar-refractivity contribution in [3.05, 3.63) is 48.8 Å². The third kappa shape index (κ3) is 5.04. The first-order valence-corrected chi connectivity index (χ1v) is 8.00. The molecule has 0 unspecified atom stereocenters. The van der Waals surface area contributed by atoms with Gasteiger partial charge in [0.1, 0.15) is 0 Å². The fraction of sp³-hybridized carbons (Fsp3) is 0.333. The zero-order chi connectivity index (χ0) is 17.4. The number of aromatic nitrogens is 2. The number of nitrogens with one attached hydrogen (secondary N) is 1. The Morgan fingerprint density at radius 3 is 3.04 bits per heavy atom. The van der Waals surface area contributed by atoms with Crippen molar-refractivity contribution in [3.63, 3.8) is 0 Å². The van der Waals surface area contributed by atoms with Crippen molar-refractivity contribution in [1.29, 1.82) is 0 Å². The number of imidazole rings is 1. The standard InChI is InChI=1S/C18H24N4O2/c1-3-4-5-10-21(2)11-12-22-14-19-16-13-15(6-8-17(16)22)7-9-18(23)20-24/h3,6-9,13-14,24H,1,4-5,10-12H2,2H3,(H,20,23).